The molecule has 1 fully saturated rings. The third kappa shape index (κ3) is 5.65. The SMILES string of the molecule is CO[C@@]1(CO)/C=C/CC(C)C(C)S(=O)NC(=O)c2ccc3c(c2)N(CC2CCC21)CC1(CCCc2cc(Cl)ccc21)CO3. The largest absolute Gasteiger partial charge is 0.490 e. The number of carbonyl (C=O) groups excluding carboxylic acids is 1. The van der Waals surface area contributed by atoms with E-state index < -0.39 is 16.6 Å². The van der Waals surface area contributed by atoms with Crippen LogP contribution < -0.4 is 14.4 Å². The van der Waals surface area contributed by atoms with Gasteiger partial charge in [0, 0.05) is 36.2 Å². The van der Waals surface area contributed by atoms with Crippen LogP contribution in [0.4, 0.5) is 5.69 Å². The lowest BCUT2D eigenvalue weighted by molar-refractivity contribution is -0.103. The van der Waals surface area contributed by atoms with Crippen LogP contribution in [0.2, 0.25) is 5.02 Å². The van der Waals surface area contributed by atoms with Crippen molar-refractivity contribution in [2.75, 3.05) is 38.3 Å². The summed E-state index contributed by atoms with van der Waals surface area (Å²) in [6.45, 7) is 5.84. The van der Waals surface area contributed by atoms with Gasteiger partial charge in [0.1, 0.15) is 22.3 Å². The molecule has 232 valence electrons. The third-order valence-electron chi connectivity index (χ3n) is 10.7. The van der Waals surface area contributed by atoms with E-state index in [1.807, 2.05) is 38.1 Å². The highest BCUT2D eigenvalue weighted by Crippen LogP contribution is 2.49. The first-order valence-corrected chi connectivity index (χ1v) is 17.1. The number of hydrogen-bond acceptors (Lipinski definition) is 6. The Morgan fingerprint density at radius 1 is 1.21 bits per heavy atom. The van der Waals surface area contributed by atoms with Crippen LogP contribution in [0, 0.1) is 17.8 Å². The number of ether oxygens (including phenoxy) is 2. The number of nitrogens with zero attached hydrogens (tertiary/aromatic N) is 1. The molecule has 2 aliphatic heterocycles. The normalized spacial score (nSPS) is 35.0. The van der Waals surface area contributed by atoms with Crippen LogP contribution in [-0.4, -0.2) is 59.5 Å². The second kappa shape index (κ2) is 12.2. The predicted molar refractivity (Wildman–Crippen MR) is 171 cm³/mol. The summed E-state index contributed by atoms with van der Waals surface area (Å²) in [6, 6.07) is 11.8. The van der Waals surface area contributed by atoms with Crippen LogP contribution in [-0.2, 0) is 27.6 Å². The van der Waals surface area contributed by atoms with Gasteiger partial charge in [-0.1, -0.05) is 36.7 Å². The van der Waals surface area contributed by atoms with Crippen molar-refractivity contribution >= 4 is 34.2 Å². The van der Waals surface area contributed by atoms with Gasteiger partial charge in [-0.15, -0.1) is 0 Å². The van der Waals surface area contributed by atoms with Crippen molar-refractivity contribution in [1.82, 2.24) is 4.72 Å². The topological polar surface area (TPSA) is 88.1 Å². The molecular weight excluding hydrogens is 584 g/mol. The average molecular weight is 627 g/mol. The maximum absolute atomic E-state index is 13.4. The lowest BCUT2D eigenvalue weighted by Gasteiger charge is -2.50. The van der Waals surface area contributed by atoms with E-state index in [0.29, 0.717) is 18.6 Å². The summed E-state index contributed by atoms with van der Waals surface area (Å²) in [5.74, 6) is 0.869. The van der Waals surface area contributed by atoms with Crippen molar-refractivity contribution in [2.45, 2.75) is 68.6 Å². The molecule has 7 atom stereocenters. The number of aryl methyl sites for hydroxylation is 1. The van der Waals surface area contributed by atoms with Crippen LogP contribution in [0.15, 0.2) is 48.6 Å². The minimum absolute atomic E-state index is 0.0519. The van der Waals surface area contributed by atoms with Gasteiger partial charge in [-0.2, -0.15) is 0 Å². The van der Waals surface area contributed by atoms with E-state index >= 15 is 0 Å². The number of hydrogen-bond donors (Lipinski definition) is 2. The van der Waals surface area contributed by atoms with Crippen LogP contribution in [0.25, 0.3) is 0 Å². The van der Waals surface area contributed by atoms with E-state index in [2.05, 4.69) is 27.8 Å². The summed E-state index contributed by atoms with van der Waals surface area (Å²) >= 11 is 6.42. The summed E-state index contributed by atoms with van der Waals surface area (Å²) in [4.78, 5) is 15.8. The van der Waals surface area contributed by atoms with Crippen LogP contribution >= 0.6 is 11.6 Å². The quantitative estimate of drug-likeness (QED) is 0.423. The molecule has 2 aromatic carbocycles. The fourth-order valence-electron chi connectivity index (χ4n) is 7.67. The molecule has 4 aliphatic rings. The Bertz CT molecular complexity index is 1430. The maximum atomic E-state index is 13.4. The molecule has 0 saturated heterocycles. The molecule has 2 aliphatic carbocycles. The molecule has 1 amide bonds. The average Bonchev–Trinajstić information content (AvgIpc) is 3.14. The zero-order valence-corrected chi connectivity index (χ0v) is 26.9. The van der Waals surface area contributed by atoms with Crippen LogP contribution in [0.5, 0.6) is 5.75 Å². The minimum Gasteiger partial charge on any atom is -0.490 e. The summed E-state index contributed by atoms with van der Waals surface area (Å²) in [7, 11) is 0.123. The smallest absolute Gasteiger partial charge is 0.263 e. The molecule has 0 aromatic heterocycles. The number of methoxy groups -OCH3 is 1. The van der Waals surface area contributed by atoms with Crippen molar-refractivity contribution in [3.05, 3.63) is 70.3 Å². The van der Waals surface area contributed by atoms with Crippen molar-refractivity contribution in [2.24, 2.45) is 17.8 Å². The number of aliphatic hydroxyl groups is 1. The van der Waals surface area contributed by atoms with E-state index in [1.54, 1.807) is 13.2 Å². The van der Waals surface area contributed by atoms with Gasteiger partial charge < -0.3 is 19.5 Å². The molecular formula is C34H43ClN2O5S. The number of allylic oxidation sites excluding steroid dienone is 1. The van der Waals surface area contributed by atoms with E-state index in [9.17, 15) is 14.1 Å². The Morgan fingerprint density at radius 3 is 2.79 bits per heavy atom. The van der Waals surface area contributed by atoms with Gasteiger partial charge in [-0.3, -0.25) is 9.52 Å². The second-order valence-electron chi connectivity index (χ2n) is 13.1. The van der Waals surface area contributed by atoms with E-state index in [4.69, 9.17) is 21.1 Å². The first kappa shape index (κ1) is 30.6. The second-order valence-corrected chi connectivity index (χ2v) is 15.1. The molecule has 7 nitrogen and oxygen atoms in total. The number of anilines is 1. The zero-order chi connectivity index (χ0) is 30.4. The van der Waals surface area contributed by atoms with Gasteiger partial charge in [0.25, 0.3) is 5.91 Å². The molecule has 2 bridgehead atoms. The number of amides is 1. The maximum Gasteiger partial charge on any atom is 0.263 e. The first-order valence-electron chi connectivity index (χ1n) is 15.5. The third-order valence-corrected chi connectivity index (χ3v) is 12.4. The molecule has 1 spiro atoms. The van der Waals surface area contributed by atoms with E-state index in [1.165, 1.54) is 11.1 Å². The molecule has 6 unspecified atom stereocenters. The fraction of sp³-hybridized carbons (Fsp3) is 0.559. The molecule has 43 heavy (non-hydrogen) atoms. The number of halogens is 1. The molecule has 0 radical (unpaired) electrons. The summed E-state index contributed by atoms with van der Waals surface area (Å²) < 4.78 is 28.7. The summed E-state index contributed by atoms with van der Waals surface area (Å²) in [6.07, 6.45) is 9.77. The predicted octanol–water partition coefficient (Wildman–Crippen LogP) is 5.59. The minimum atomic E-state index is -1.56. The number of nitrogens with one attached hydrogen (secondary N) is 1. The molecule has 1 saturated carbocycles. The molecule has 2 heterocycles. The van der Waals surface area contributed by atoms with Gasteiger partial charge in [0.05, 0.1) is 24.2 Å². The highest BCUT2D eigenvalue weighted by molar-refractivity contribution is 7.84. The molecule has 9 heteroatoms. The number of fused-ring (bicyclic) bond motifs is 4. The van der Waals surface area contributed by atoms with Gasteiger partial charge in [-0.25, -0.2) is 4.21 Å². The van der Waals surface area contributed by atoms with Crippen molar-refractivity contribution in [1.29, 1.82) is 0 Å². The van der Waals surface area contributed by atoms with Crippen molar-refractivity contribution < 1.29 is 23.6 Å². The highest BCUT2D eigenvalue weighted by Gasteiger charge is 2.49. The first-order chi connectivity index (χ1) is 20.7. The Hall–Kier alpha value is -2.39. The highest BCUT2D eigenvalue weighted by atomic mass is 35.5. The van der Waals surface area contributed by atoms with Crippen LogP contribution in [0.3, 0.4) is 0 Å². The van der Waals surface area contributed by atoms with Gasteiger partial charge in [-0.05, 0) is 105 Å². The Balaban J connectivity index is 1.44. The number of carbonyl (C=O) groups is 1. The van der Waals surface area contributed by atoms with Gasteiger partial charge >= 0.3 is 0 Å². The van der Waals surface area contributed by atoms with Gasteiger partial charge in [0.15, 0.2) is 0 Å². The number of rotatable bonds is 2. The standard InChI is InChI=1S/C34H43ClN2O5S/c1-22-6-4-15-34(20-38,41-3)29-11-8-26(29)18-37-19-33(14-5-7-24-16-27(35)10-12-28(24)33)21-42-31-13-9-25(17-30(31)37)32(39)36-43(40)23(22)2/h4,9-10,12-13,15-17,22-23,26,29,38H,5-8,11,14,18-21H2,1-3H3,(H,36,39)/b15-4+/t22?,23?,26?,29?,33?,34-,43?/m1/s1. The van der Waals surface area contributed by atoms with Crippen molar-refractivity contribution in [3.8, 4) is 5.75 Å². The van der Waals surface area contributed by atoms with E-state index in [0.717, 1.165) is 61.7 Å². The zero-order valence-electron chi connectivity index (χ0n) is 25.3. The summed E-state index contributed by atoms with van der Waals surface area (Å²) in [5.41, 5.74) is 2.88. The lowest BCUT2D eigenvalue weighted by atomic mass is 9.64. The van der Waals surface area contributed by atoms with Crippen LogP contribution in [0.1, 0.15) is 67.4 Å². The Morgan fingerprint density at radius 2 is 2.05 bits per heavy atom. The van der Waals surface area contributed by atoms with Crippen molar-refractivity contribution in [3.63, 3.8) is 0 Å². The molecule has 6 rings (SSSR count). The summed E-state index contributed by atoms with van der Waals surface area (Å²) in [5, 5.41) is 11.2. The Labute approximate surface area is 262 Å². The number of benzene rings is 2. The molecule has 2 aromatic rings. The fourth-order valence-corrected chi connectivity index (χ4v) is 8.89. The van der Waals surface area contributed by atoms with Gasteiger partial charge in [0.2, 0.25) is 0 Å². The lowest BCUT2D eigenvalue weighted by Crippen LogP contribution is -2.54. The van der Waals surface area contributed by atoms with E-state index in [-0.39, 0.29) is 40.9 Å². The number of aliphatic hydroxyl groups excluding tert-OH is 1. The molecule has 2 N–H and O–H groups in total. The Kier molecular flexibility index (Phi) is 8.68. The monoisotopic (exact) mass is 626 g/mol.